The largest absolute Gasteiger partial charge is 0.393 e. The molecule has 24 heavy (non-hydrogen) atoms. The Balaban J connectivity index is 1.67. The Morgan fingerprint density at radius 2 is 2.04 bits per heavy atom. The number of nitrogens with one attached hydrogen (secondary N) is 1. The molecule has 0 radical (unpaired) electrons. The van der Waals surface area contributed by atoms with Crippen LogP contribution in [0.15, 0.2) is 24.3 Å². The summed E-state index contributed by atoms with van der Waals surface area (Å²) in [4.78, 5) is 12.2. The Morgan fingerprint density at radius 1 is 1.33 bits per heavy atom. The van der Waals surface area contributed by atoms with Crippen molar-refractivity contribution in [1.82, 2.24) is 15.1 Å². The normalized spacial score (nSPS) is 20.3. The van der Waals surface area contributed by atoms with Crippen LogP contribution in [0.2, 0.25) is 5.02 Å². The van der Waals surface area contributed by atoms with Gasteiger partial charge in [-0.1, -0.05) is 18.0 Å². The van der Waals surface area contributed by atoms with Crippen molar-refractivity contribution in [3.05, 3.63) is 46.2 Å². The number of benzene rings is 1. The summed E-state index contributed by atoms with van der Waals surface area (Å²) in [6.07, 6.45) is 2.55. The summed E-state index contributed by atoms with van der Waals surface area (Å²) in [7, 11) is 0. The quantitative estimate of drug-likeness (QED) is 0.893. The summed E-state index contributed by atoms with van der Waals surface area (Å²) in [5.41, 5.74) is 3.12. The van der Waals surface area contributed by atoms with Gasteiger partial charge in [0.1, 0.15) is 0 Å². The molecule has 1 amide bonds. The van der Waals surface area contributed by atoms with Crippen molar-refractivity contribution in [1.29, 1.82) is 0 Å². The van der Waals surface area contributed by atoms with Gasteiger partial charge in [0.15, 0.2) is 0 Å². The number of aliphatic hydroxyl groups is 1. The monoisotopic (exact) mass is 347 g/mol. The summed E-state index contributed by atoms with van der Waals surface area (Å²) < 4.78 is 1.77. The third-order valence-corrected chi connectivity index (χ3v) is 5.27. The molecule has 2 unspecified atom stereocenters. The van der Waals surface area contributed by atoms with E-state index in [4.69, 9.17) is 11.6 Å². The molecule has 1 heterocycles. The lowest BCUT2D eigenvalue weighted by Crippen LogP contribution is -2.32. The number of carbonyl (C=O) groups is 1. The minimum absolute atomic E-state index is 0.118. The van der Waals surface area contributed by atoms with Crippen LogP contribution in [0.25, 0.3) is 5.69 Å². The Morgan fingerprint density at radius 3 is 2.58 bits per heavy atom. The number of amides is 1. The van der Waals surface area contributed by atoms with Gasteiger partial charge in [-0.15, -0.1) is 0 Å². The molecule has 0 spiro atoms. The zero-order valence-electron chi connectivity index (χ0n) is 13.9. The van der Waals surface area contributed by atoms with Gasteiger partial charge in [-0.05, 0) is 51.0 Å². The molecule has 0 bridgehead atoms. The third-order valence-electron chi connectivity index (χ3n) is 4.72. The highest BCUT2D eigenvalue weighted by Crippen LogP contribution is 2.25. The average Bonchev–Trinajstić information content (AvgIpc) is 3.11. The van der Waals surface area contributed by atoms with Crippen LogP contribution in [-0.2, 0) is 0 Å². The minimum Gasteiger partial charge on any atom is -0.393 e. The topological polar surface area (TPSA) is 67.2 Å². The highest BCUT2D eigenvalue weighted by molar-refractivity contribution is 6.31. The molecular formula is C18H22ClN3O2. The first-order valence-electron chi connectivity index (χ1n) is 8.26. The van der Waals surface area contributed by atoms with Gasteiger partial charge in [-0.2, -0.15) is 5.10 Å². The first-order valence-corrected chi connectivity index (χ1v) is 8.63. The van der Waals surface area contributed by atoms with E-state index >= 15 is 0 Å². The second-order valence-electron chi connectivity index (χ2n) is 6.41. The number of carbonyl (C=O) groups excluding carboxylic acids is 1. The molecular weight excluding hydrogens is 326 g/mol. The number of rotatable bonds is 4. The van der Waals surface area contributed by atoms with E-state index < -0.39 is 0 Å². The molecule has 0 aliphatic heterocycles. The number of hydrogen-bond acceptors (Lipinski definition) is 3. The summed E-state index contributed by atoms with van der Waals surface area (Å²) in [6, 6.07) is 7.27. The lowest BCUT2D eigenvalue weighted by Gasteiger charge is -2.15. The number of nitrogens with zero attached hydrogens (tertiary/aromatic N) is 2. The van der Waals surface area contributed by atoms with Crippen molar-refractivity contribution in [2.24, 2.45) is 5.92 Å². The third kappa shape index (κ3) is 3.32. The maximum Gasteiger partial charge on any atom is 0.251 e. The van der Waals surface area contributed by atoms with Gasteiger partial charge in [-0.25, -0.2) is 4.68 Å². The van der Waals surface area contributed by atoms with Crippen LogP contribution in [0.4, 0.5) is 0 Å². The molecule has 1 aliphatic carbocycles. The number of aromatic nitrogens is 2. The molecule has 6 heteroatoms. The van der Waals surface area contributed by atoms with Crippen LogP contribution in [0.5, 0.6) is 0 Å². The summed E-state index contributed by atoms with van der Waals surface area (Å²) >= 11 is 6.18. The van der Waals surface area contributed by atoms with Gasteiger partial charge in [0.05, 0.1) is 28.2 Å². The predicted molar refractivity (Wildman–Crippen MR) is 93.7 cm³/mol. The maximum absolute atomic E-state index is 12.2. The second-order valence-corrected chi connectivity index (χ2v) is 6.79. The summed E-state index contributed by atoms with van der Waals surface area (Å²) in [5.74, 6) is 0.0529. The van der Waals surface area contributed by atoms with Gasteiger partial charge in [0.2, 0.25) is 0 Å². The van der Waals surface area contributed by atoms with E-state index in [-0.39, 0.29) is 17.9 Å². The zero-order valence-corrected chi connectivity index (χ0v) is 14.7. The fourth-order valence-corrected chi connectivity index (χ4v) is 3.33. The number of halogens is 1. The summed E-state index contributed by atoms with van der Waals surface area (Å²) in [6.45, 7) is 4.30. The van der Waals surface area contributed by atoms with Crippen LogP contribution in [0.1, 0.15) is 41.0 Å². The van der Waals surface area contributed by atoms with E-state index in [0.29, 0.717) is 17.1 Å². The van der Waals surface area contributed by atoms with Crippen LogP contribution in [0, 0.1) is 19.8 Å². The van der Waals surface area contributed by atoms with E-state index in [1.807, 2.05) is 26.0 Å². The molecule has 1 fully saturated rings. The molecule has 1 saturated carbocycles. The average molecular weight is 348 g/mol. The fourth-order valence-electron chi connectivity index (χ4n) is 3.21. The van der Waals surface area contributed by atoms with Gasteiger partial charge in [0, 0.05) is 18.0 Å². The van der Waals surface area contributed by atoms with Crippen LogP contribution in [-0.4, -0.2) is 33.4 Å². The lowest BCUT2D eigenvalue weighted by molar-refractivity contribution is 0.0917. The molecule has 1 aromatic heterocycles. The highest BCUT2D eigenvalue weighted by atomic mass is 35.5. The SMILES string of the molecule is Cc1nn(-c2ccc(C(=O)NCC3CCCC3O)cc2)c(C)c1Cl. The first-order chi connectivity index (χ1) is 11.5. The van der Waals surface area contributed by atoms with E-state index in [0.717, 1.165) is 36.3 Å². The van der Waals surface area contributed by atoms with Gasteiger partial charge < -0.3 is 10.4 Å². The molecule has 2 N–H and O–H groups in total. The highest BCUT2D eigenvalue weighted by Gasteiger charge is 2.25. The lowest BCUT2D eigenvalue weighted by atomic mass is 10.1. The van der Waals surface area contributed by atoms with Crippen LogP contribution in [0.3, 0.4) is 0 Å². The summed E-state index contributed by atoms with van der Waals surface area (Å²) in [5, 5.41) is 17.8. The van der Waals surface area contributed by atoms with Gasteiger partial charge in [-0.3, -0.25) is 4.79 Å². The van der Waals surface area contributed by atoms with E-state index in [1.165, 1.54) is 0 Å². The molecule has 3 rings (SSSR count). The van der Waals surface area contributed by atoms with Crippen molar-refractivity contribution < 1.29 is 9.90 Å². The van der Waals surface area contributed by atoms with Crippen LogP contribution < -0.4 is 5.32 Å². The molecule has 2 aromatic rings. The molecule has 5 nitrogen and oxygen atoms in total. The molecule has 1 aliphatic rings. The molecule has 2 atom stereocenters. The standard InChI is InChI=1S/C18H22ClN3O2/c1-11-17(19)12(2)22(21-11)15-8-6-13(7-9-15)18(24)20-10-14-4-3-5-16(14)23/h6-9,14,16,23H,3-5,10H2,1-2H3,(H,20,24). The van der Waals surface area contributed by atoms with Gasteiger partial charge >= 0.3 is 0 Å². The first kappa shape index (κ1) is 17.0. The number of hydrogen-bond donors (Lipinski definition) is 2. The Labute approximate surface area is 146 Å². The zero-order chi connectivity index (χ0) is 17.3. The minimum atomic E-state index is -0.288. The van der Waals surface area contributed by atoms with Crippen LogP contribution >= 0.6 is 11.6 Å². The van der Waals surface area contributed by atoms with Crippen molar-refractivity contribution >= 4 is 17.5 Å². The Kier molecular flexibility index (Phi) is 4.92. The number of aliphatic hydroxyl groups excluding tert-OH is 1. The Bertz CT molecular complexity index is 739. The predicted octanol–water partition coefficient (Wildman–Crippen LogP) is 3.03. The van der Waals surface area contributed by atoms with E-state index in [2.05, 4.69) is 10.4 Å². The maximum atomic E-state index is 12.2. The Hall–Kier alpha value is -1.85. The number of aryl methyl sites for hydroxylation is 1. The van der Waals surface area contributed by atoms with Gasteiger partial charge in [0.25, 0.3) is 5.91 Å². The second kappa shape index (κ2) is 6.95. The molecule has 0 saturated heterocycles. The molecule has 1 aromatic carbocycles. The smallest absolute Gasteiger partial charge is 0.251 e. The van der Waals surface area contributed by atoms with Crippen molar-refractivity contribution in [2.75, 3.05) is 6.54 Å². The van der Waals surface area contributed by atoms with Crippen molar-refractivity contribution in [3.8, 4) is 5.69 Å². The van der Waals surface area contributed by atoms with E-state index in [1.54, 1.807) is 16.8 Å². The fraction of sp³-hybridized carbons (Fsp3) is 0.444. The van der Waals surface area contributed by atoms with E-state index in [9.17, 15) is 9.90 Å². The van der Waals surface area contributed by atoms with Crippen molar-refractivity contribution in [3.63, 3.8) is 0 Å². The molecule has 128 valence electrons. The van der Waals surface area contributed by atoms with Crippen molar-refractivity contribution in [2.45, 2.75) is 39.2 Å².